The van der Waals surface area contributed by atoms with Crippen molar-refractivity contribution in [3.63, 3.8) is 0 Å². The van der Waals surface area contributed by atoms with Crippen LogP contribution in [0.3, 0.4) is 0 Å². The third-order valence-corrected chi connectivity index (χ3v) is 6.91. The van der Waals surface area contributed by atoms with E-state index in [1.807, 2.05) is 32.6 Å². The number of carbonyl (C=O) groups is 5. The van der Waals surface area contributed by atoms with E-state index in [4.69, 9.17) is 0 Å². The second-order valence-electron chi connectivity index (χ2n) is 11.5. The summed E-state index contributed by atoms with van der Waals surface area (Å²) in [5, 5.41) is 19.4. The molecular weight excluding hydrogens is 550 g/mol. The number of Topliss-reactive ketones (excluding diaryl/α,β-unsaturated/α-hetero) is 1. The molecule has 0 spiro atoms. The van der Waals surface area contributed by atoms with Crippen LogP contribution in [0, 0.1) is 17.7 Å². The van der Waals surface area contributed by atoms with Gasteiger partial charge in [0.2, 0.25) is 5.91 Å². The van der Waals surface area contributed by atoms with Gasteiger partial charge in [-0.05, 0) is 66.6 Å². The number of ketones is 1. The van der Waals surface area contributed by atoms with Crippen molar-refractivity contribution in [1.82, 2.24) is 20.9 Å². The minimum atomic E-state index is -1.36. The maximum Gasteiger partial charge on any atom is 1.00 e. The Bertz CT molecular complexity index is 1290. The molecule has 0 saturated carbocycles. The van der Waals surface area contributed by atoms with Crippen LogP contribution in [-0.2, 0) is 9.59 Å². The molecule has 1 unspecified atom stereocenters. The van der Waals surface area contributed by atoms with Crippen molar-refractivity contribution in [3.8, 4) is 0 Å². The van der Waals surface area contributed by atoms with Gasteiger partial charge >= 0.3 is 18.9 Å². The standard InChI is InChI=1S/C31H39FN4O6.Li/c1-18(2)13-24(33-28(38)21-9-11-23(32)12-10-21)15-36-16-26(27(37)17-36)35-30(40)25(14-19(3)4)34-29(39)20-5-7-22(8-6-20)31(41)42;/h5-12,18-19,24-26H,13-17H2,1-4H3,(H,33,38)(H,34,39)(H,35,40)(H,41,42);/q;+1/p-1/t24-,25-,26?;/m0./s1. The molecule has 226 valence electrons. The molecule has 2 aromatic rings. The summed E-state index contributed by atoms with van der Waals surface area (Å²) in [4.78, 5) is 64.5. The normalized spacial score (nSPS) is 16.3. The minimum absolute atomic E-state index is 0. The van der Waals surface area contributed by atoms with Crippen molar-refractivity contribution >= 4 is 29.5 Å². The largest absolute Gasteiger partial charge is 1.00 e. The van der Waals surface area contributed by atoms with Gasteiger partial charge in [0.05, 0.1) is 12.5 Å². The van der Waals surface area contributed by atoms with Crippen LogP contribution in [-0.4, -0.2) is 72.1 Å². The van der Waals surface area contributed by atoms with Crippen LogP contribution in [0.25, 0.3) is 0 Å². The molecule has 0 aromatic heterocycles. The number of likely N-dealkylation sites (tertiary alicyclic amines) is 1. The third-order valence-electron chi connectivity index (χ3n) is 6.91. The second-order valence-corrected chi connectivity index (χ2v) is 11.5. The van der Waals surface area contributed by atoms with Crippen molar-refractivity contribution in [3.05, 3.63) is 71.0 Å². The summed E-state index contributed by atoms with van der Waals surface area (Å²) in [6.07, 6.45) is 0.978. The van der Waals surface area contributed by atoms with Crippen LogP contribution < -0.4 is 39.9 Å². The zero-order chi connectivity index (χ0) is 31.0. The van der Waals surface area contributed by atoms with E-state index in [0.29, 0.717) is 24.9 Å². The average Bonchev–Trinajstić information content (AvgIpc) is 3.25. The van der Waals surface area contributed by atoms with Crippen molar-refractivity contribution in [2.24, 2.45) is 11.8 Å². The third kappa shape index (κ3) is 10.9. The molecule has 43 heavy (non-hydrogen) atoms. The first-order valence-corrected chi connectivity index (χ1v) is 14.1. The van der Waals surface area contributed by atoms with Crippen molar-refractivity contribution in [2.75, 3.05) is 19.6 Å². The number of hydrogen-bond acceptors (Lipinski definition) is 7. The number of hydrogen-bond donors (Lipinski definition) is 3. The van der Waals surface area contributed by atoms with Crippen molar-refractivity contribution < 1.29 is 52.3 Å². The Hall–Kier alpha value is -3.52. The molecule has 0 bridgehead atoms. The van der Waals surface area contributed by atoms with Crippen LogP contribution in [0.4, 0.5) is 4.39 Å². The summed E-state index contributed by atoms with van der Waals surface area (Å²) in [7, 11) is 0. The number of nitrogens with one attached hydrogen (secondary N) is 3. The van der Waals surface area contributed by atoms with Crippen LogP contribution in [0.1, 0.15) is 71.6 Å². The first-order chi connectivity index (χ1) is 19.8. The summed E-state index contributed by atoms with van der Waals surface area (Å²) < 4.78 is 13.3. The minimum Gasteiger partial charge on any atom is -0.545 e. The summed E-state index contributed by atoms with van der Waals surface area (Å²) in [6.45, 7) is 8.58. The molecule has 1 fully saturated rings. The van der Waals surface area contributed by atoms with Crippen molar-refractivity contribution in [1.29, 1.82) is 0 Å². The Morgan fingerprint density at radius 2 is 1.37 bits per heavy atom. The van der Waals surface area contributed by atoms with Gasteiger partial charge in [-0.15, -0.1) is 0 Å². The van der Waals surface area contributed by atoms with Gasteiger partial charge in [-0.3, -0.25) is 24.1 Å². The van der Waals surface area contributed by atoms with E-state index in [-0.39, 0.29) is 72.6 Å². The van der Waals surface area contributed by atoms with Gasteiger partial charge in [-0.25, -0.2) is 4.39 Å². The predicted octanol–water partition coefficient (Wildman–Crippen LogP) is -1.45. The van der Waals surface area contributed by atoms with Gasteiger partial charge in [0.1, 0.15) is 17.9 Å². The van der Waals surface area contributed by atoms with Gasteiger partial charge in [-0.2, -0.15) is 0 Å². The van der Waals surface area contributed by atoms with Gasteiger partial charge in [0.25, 0.3) is 11.8 Å². The summed E-state index contributed by atoms with van der Waals surface area (Å²) in [5.41, 5.74) is 0.447. The topological polar surface area (TPSA) is 148 Å². The van der Waals surface area contributed by atoms with E-state index in [9.17, 15) is 33.5 Å². The number of carboxylic acid groups (broad SMARTS) is 1. The van der Waals surface area contributed by atoms with Crippen LogP contribution >= 0.6 is 0 Å². The van der Waals surface area contributed by atoms with Gasteiger partial charge < -0.3 is 25.9 Å². The van der Waals surface area contributed by atoms with E-state index >= 15 is 0 Å². The molecule has 3 amide bonds. The maximum absolute atomic E-state index is 13.3. The Labute approximate surface area is 263 Å². The SMILES string of the molecule is CC(C)C[C@@H](CN1CC(=O)C(NC(=O)[C@H](CC(C)C)NC(=O)c2ccc(C(=O)[O-])cc2)C1)NC(=O)c1ccc(F)cc1.[Li+]. The number of halogens is 1. The predicted molar refractivity (Wildman–Crippen MR) is 152 cm³/mol. The molecule has 12 heteroatoms. The van der Waals surface area contributed by atoms with Gasteiger partial charge in [0.15, 0.2) is 5.78 Å². The molecule has 10 nitrogen and oxygen atoms in total. The van der Waals surface area contributed by atoms with E-state index in [2.05, 4.69) is 16.0 Å². The van der Waals surface area contributed by atoms with Crippen LogP contribution in [0.2, 0.25) is 0 Å². The number of amides is 3. The van der Waals surface area contributed by atoms with Crippen LogP contribution in [0.5, 0.6) is 0 Å². The van der Waals surface area contributed by atoms with Crippen molar-refractivity contribution in [2.45, 2.75) is 58.7 Å². The Morgan fingerprint density at radius 3 is 1.91 bits per heavy atom. The summed E-state index contributed by atoms with van der Waals surface area (Å²) in [5.74, 6) is -3.04. The zero-order valence-corrected chi connectivity index (χ0v) is 25.3. The molecule has 0 radical (unpaired) electrons. The quantitative estimate of drug-likeness (QED) is 0.243. The molecule has 3 atom stereocenters. The molecule has 3 N–H and O–H groups in total. The van der Waals surface area contributed by atoms with E-state index in [1.54, 1.807) is 0 Å². The number of benzene rings is 2. The monoisotopic (exact) mass is 588 g/mol. The number of carboxylic acids is 1. The summed E-state index contributed by atoms with van der Waals surface area (Å²) in [6, 6.07) is 8.49. The van der Waals surface area contributed by atoms with E-state index < -0.39 is 35.7 Å². The fraction of sp³-hybridized carbons (Fsp3) is 0.452. The maximum atomic E-state index is 13.3. The molecular formula is C31H38FLiN4O6. The van der Waals surface area contributed by atoms with Gasteiger partial charge in [0, 0.05) is 30.3 Å². The van der Waals surface area contributed by atoms with Gasteiger partial charge in [-0.1, -0.05) is 39.8 Å². The molecule has 1 aliphatic rings. The van der Waals surface area contributed by atoms with E-state index in [0.717, 1.165) is 0 Å². The number of aromatic carboxylic acids is 1. The molecule has 1 heterocycles. The first kappa shape index (κ1) is 35.7. The fourth-order valence-corrected chi connectivity index (χ4v) is 4.92. The number of nitrogens with zero attached hydrogens (tertiary/aromatic N) is 1. The van der Waals surface area contributed by atoms with E-state index in [1.165, 1.54) is 48.5 Å². The molecule has 1 aliphatic heterocycles. The Morgan fingerprint density at radius 1 is 0.860 bits per heavy atom. The zero-order valence-electron chi connectivity index (χ0n) is 25.3. The smallest absolute Gasteiger partial charge is 0.545 e. The Kier molecular flexibility index (Phi) is 13.6. The summed E-state index contributed by atoms with van der Waals surface area (Å²) >= 11 is 0. The number of carbonyl (C=O) groups excluding carboxylic acids is 5. The molecule has 0 aliphatic carbocycles. The number of rotatable bonds is 13. The Balaban J connectivity index is 0.00000645. The second kappa shape index (κ2) is 16.4. The molecule has 2 aromatic carbocycles. The fourth-order valence-electron chi connectivity index (χ4n) is 4.92. The molecule has 1 saturated heterocycles. The first-order valence-electron chi connectivity index (χ1n) is 14.1. The van der Waals surface area contributed by atoms with Crippen LogP contribution in [0.15, 0.2) is 48.5 Å². The molecule has 3 rings (SSSR count). The average molecular weight is 589 g/mol.